The van der Waals surface area contributed by atoms with E-state index in [-0.39, 0.29) is 0 Å². The molecule has 0 saturated heterocycles. The van der Waals surface area contributed by atoms with Crippen molar-refractivity contribution in [1.82, 2.24) is 4.90 Å². The van der Waals surface area contributed by atoms with Crippen molar-refractivity contribution < 1.29 is 0 Å². The van der Waals surface area contributed by atoms with E-state index in [0.717, 1.165) is 12.0 Å². The van der Waals surface area contributed by atoms with E-state index in [1.807, 2.05) is 0 Å². The lowest BCUT2D eigenvalue weighted by molar-refractivity contribution is 0.139. The maximum Gasteiger partial charge on any atom is 0.0118 e. The van der Waals surface area contributed by atoms with E-state index >= 15 is 0 Å². The van der Waals surface area contributed by atoms with Gasteiger partial charge >= 0.3 is 0 Å². The van der Waals surface area contributed by atoms with Gasteiger partial charge in [0.1, 0.15) is 0 Å². The minimum atomic E-state index is 0.670. The smallest absolute Gasteiger partial charge is 0.0118 e. The molecular formula is C11H25N. The van der Waals surface area contributed by atoms with Crippen LogP contribution in [0.3, 0.4) is 0 Å². The van der Waals surface area contributed by atoms with Crippen molar-refractivity contribution in [3.05, 3.63) is 0 Å². The SMILES string of the molecule is CCC(C)[C@@H](CC)N(C)C(C)C. The highest BCUT2D eigenvalue weighted by Crippen LogP contribution is 2.18. The quantitative estimate of drug-likeness (QED) is 0.614. The number of rotatable bonds is 5. The number of hydrogen-bond donors (Lipinski definition) is 0. The lowest BCUT2D eigenvalue weighted by Crippen LogP contribution is -2.40. The van der Waals surface area contributed by atoms with Gasteiger partial charge in [0.25, 0.3) is 0 Å². The molecule has 1 heteroatoms. The predicted octanol–water partition coefficient (Wildman–Crippen LogP) is 3.15. The van der Waals surface area contributed by atoms with Crippen molar-refractivity contribution in [3.63, 3.8) is 0 Å². The first-order valence-electron chi connectivity index (χ1n) is 5.26. The molecule has 0 aliphatic carbocycles. The third kappa shape index (κ3) is 3.14. The Morgan fingerprint density at radius 3 is 1.75 bits per heavy atom. The van der Waals surface area contributed by atoms with Gasteiger partial charge in [-0.05, 0) is 33.2 Å². The topological polar surface area (TPSA) is 3.24 Å². The van der Waals surface area contributed by atoms with Gasteiger partial charge in [0.2, 0.25) is 0 Å². The zero-order valence-corrected chi connectivity index (χ0v) is 9.59. The molecular weight excluding hydrogens is 146 g/mol. The average molecular weight is 171 g/mol. The Morgan fingerprint density at radius 1 is 1.00 bits per heavy atom. The van der Waals surface area contributed by atoms with Gasteiger partial charge in [-0.2, -0.15) is 0 Å². The van der Waals surface area contributed by atoms with Crippen LogP contribution in [-0.4, -0.2) is 24.0 Å². The summed E-state index contributed by atoms with van der Waals surface area (Å²) in [5.74, 6) is 0.822. The van der Waals surface area contributed by atoms with Crippen LogP contribution in [0.1, 0.15) is 47.5 Å². The first-order chi connectivity index (χ1) is 5.54. The lowest BCUT2D eigenvalue weighted by Gasteiger charge is -2.34. The fourth-order valence-electron chi connectivity index (χ4n) is 1.75. The fraction of sp³-hybridized carbons (Fsp3) is 1.00. The molecule has 0 heterocycles. The third-order valence-corrected chi connectivity index (χ3v) is 3.06. The maximum absolute atomic E-state index is 2.49. The number of nitrogens with zero attached hydrogens (tertiary/aromatic N) is 1. The van der Waals surface area contributed by atoms with Crippen LogP contribution in [0.15, 0.2) is 0 Å². The molecule has 0 bridgehead atoms. The van der Waals surface area contributed by atoms with E-state index in [4.69, 9.17) is 0 Å². The second-order valence-corrected chi connectivity index (χ2v) is 4.12. The van der Waals surface area contributed by atoms with Crippen molar-refractivity contribution in [2.45, 2.75) is 59.5 Å². The van der Waals surface area contributed by atoms with Crippen molar-refractivity contribution in [2.75, 3.05) is 7.05 Å². The van der Waals surface area contributed by atoms with Crippen LogP contribution in [0.4, 0.5) is 0 Å². The van der Waals surface area contributed by atoms with Gasteiger partial charge in [0.15, 0.2) is 0 Å². The fourth-order valence-corrected chi connectivity index (χ4v) is 1.75. The van der Waals surface area contributed by atoms with Crippen molar-refractivity contribution >= 4 is 0 Å². The highest BCUT2D eigenvalue weighted by atomic mass is 15.1. The first kappa shape index (κ1) is 12.0. The molecule has 74 valence electrons. The predicted molar refractivity (Wildman–Crippen MR) is 56.4 cm³/mol. The summed E-state index contributed by atoms with van der Waals surface area (Å²) in [5, 5.41) is 0. The summed E-state index contributed by atoms with van der Waals surface area (Å²) in [5.41, 5.74) is 0. The second kappa shape index (κ2) is 5.58. The molecule has 12 heavy (non-hydrogen) atoms. The summed E-state index contributed by atoms with van der Waals surface area (Å²) < 4.78 is 0. The molecule has 1 nitrogen and oxygen atoms in total. The minimum Gasteiger partial charge on any atom is -0.301 e. The standard InChI is InChI=1S/C11H25N/c1-7-10(5)11(8-2)12(6)9(3)4/h9-11H,7-8H2,1-6H3/t10?,11-/m1/s1. The summed E-state index contributed by atoms with van der Waals surface area (Å²) in [6, 6.07) is 1.43. The second-order valence-electron chi connectivity index (χ2n) is 4.12. The van der Waals surface area contributed by atoms with E-state index < -0.39 is 0 Å². The van der Waals surface area contributed by atoms with Gasteiger partial charge in [0, 0.05) is 12.1 Å². The molecule has 0 aliphatic heterocycles. The van der Waals surface area contributed by atoms with Crippen LogP contribution in [-0.2, 0) is 0 Å². The summed E-state index contributed by atoms with van der Waals surface area (Å²) >= 11 is 0. The molecule has 0 rings (SSSR count). The summed E-state index contributed by atoms with van der Waals surface area (Å²) in [7, 11) is 2.24. The van der Waals surface area contributed by atoms with E-state index in [0.29, 0.717) is 6.04 Å². The zero-order chi connectivity index (χ0) is 9.72. The van der Waals surface area contributed by atoms with Crippen molar-refractivity contribution in [1.29, 1.82) is 0 Å². The zero-order valence-electron chi connectivity index (χ0n) is 9.59. The summed E-state index contributed by atoms with van der Waals surface area (Å²) in [4.78, 5) is 2.49. The highest BCUT2D eigenvalue weighted by Gasteiger charge is 2.19. The Balaban J connectivity index is 4.13. The molecule has 0 spiro atoms. The minimum absolute atomic E-state index is 0.670. The van der Waals surface area contributed by atoms with Crippen LogP contribution >= 0.6 is 0 Å². The molecule has 0 saturated carbocycles. The van der Waals surface area contributed by atoms with Crippen LogP contribution in [0.5, 0.6) is 0 Å². The molecule has 0 aromatic carbocycles. The third-order valence-electron chi connectivity index (χ3n) is 3.06. The summed E-state index contributed by atoms with van der Waals surface area (Å²) in [6.45, 7) is 11.5. The summed E-state index contributed by atoms with van der Waals surface area (Å²) in [6.07, 6.45) is 2.55. The Bertz CT molecular complexity index is 110. The molecule has 0 radical (unpaired) electrons. The van der Waals surface area contributed by atoms with Crippen LogP contribution < -0.4 is 0 Å². The molecule has 0 amide bonds. The molecule has 0 aromatic heterocycles. The van der Waals surface area contributed by atoms with Crippen LogP contribution in [0.2, 0.25) is 0 Å². The van der Waals surface area contributed by atoms with E-state index in [1.54, 1.807) is 0 Å². The Morgan fingerprint density at radius 2 is 1.50 bits per heavy atom. The van der Waals surface area contributed by atoms with E-state index in [9.17, 15) is 0 Å². The van der Waals surface area contributed by atoms with Gasteiger partial charge in [-0.25, -0.2) is 0 Å². The van der Waals surface area contributed by atoms with Gasteiger partial charge in [0.05, 0.1) is 0 Å². The monoisotopic (exact) mass is 171 g/mol. The van der Waals surface area contributed by atoms with Gasteiger partial charge in [-0.3, -0.25) is 0 Å². The highest BCUT2D eigenvalue weighted by molar-refractivity contribution is 4.74. The van der Waals surface area contributed by atoms with E-state index in [2.05, 4.69) is 46.6 Å². The number of hydrogen-bond acceptors (Lipinski definition) is 1. The lowest BCUT2D eigenvalue weighted by atomic mass is 9.95. The van der Waals surface area contributed by atoms with Gasteiger partial charge in [-0.15, -0.1) is 0 Å². The van der Waals surface area contributed by atoms with E-state index in [1.165, 1.54) is 12.8 Å². The molecule has 2 atom stereocenters. The largest absolute Gasteiger partial charge is 0.301 e. The van der Waals surface area contributed by atoms with Crippen molar-refractivity contribution in [2.24, 2.45) is 5.92 Å². The Hall–Kier alpha value is -0.0400. The molecule has 0 N–H and O–H groups in total. The maximum atomic E-state index is 2.49. The molecule has 0 aromatic rings. The average Bonchev–Trinajstić information content (AvgIpc) is 2.05. The first-order valence-corrected chi connectivity index (χ1v) is 5.26. The Labute approximate surface area is 78.1 Å². The van der Waals surface area contributed by atoms with Gasteiger partial charge in [-0.1, -0.05) is 27.2 Å². The molecule has 0 fully saturated rings. The Kier molecular flexibility index (Phi) is 5.56. The van der Waals surface area contributed by atoms with Crippen LogP contribution in [0, 0.1) is 5.92 Å². The molecule has 0 aliphatic rings. The van der Waals surface area contributed by atoms with Crippen molar-refractivity contribution in [3.8, 4) is 0 Å². The van der Waals surface area contributed by atoms with Gasteiger partial charge < -0.3 is 4.90 Å². The molecule has 1 unspecified atom stereocenters. The normalized spacial score (nSPS) is 17.0. The van der Waals surface area contributed by atoms with Crippen LogP contribution in [0.25, 0.3) is 0 Å².